The third kappa shape index (κ3) is 4.36. The van der Waals surface area contributed by atoms with Gasteiger partial charge in [0, 0.05) is 5.69 Å². The summed E-state index contributed by atoms with van der Waals surface area (Å²) in [5.41, 5.74) is 1.32. The van der Waals surface area contributed by atoms with E-state index in [-0.39, 0.29) is 29.9 Å². The first-order chi connectivity index (χ1) is 14.6. The van der Waals surface area contributed by atoms with Gasteiger partial charge in [-0.1, -0.05) is 24.6 Å². The molecule has 0 aliphatic carbocycles. The molecule has 1 atom stereocenters. The van der Waals surface area contributed by atoms with Crippen LogP contribution >= 0.6 is 0 Å². The van der Waals surface area contributed by atoms with Crippen LogP contribution in [0.3, 0.4) is 0 Å². The zero-order valence-electron chi connectivity index (χ0n) is 16.2. The number of likely N-dealkylation sites (tertiary alicyclic amines) is 1. The maximum atomic E-state index is 14.0. The summed E-state index contributed by atoms with van der Waals surface area (Å²) in [5, 5.41) is 20.0. The lowest BCUT2D eigenvalue weighted by molar-refractivity contribution is -0.118. The third-order valence-corrected chi connectivity index (χ3v) is 5.07. The van der Waals surface area contributed by atoms with Crippen molar-refractivity contribution in [2.45, 2.75) is 25.3 Å². The Hall–Kier alpha value is -3.57. The molecule has 0 radical (unpaired) electrons. The number of aromatic nitrogens is 2. The summed E-state index contributed by atoms with van der Waals surface area (Å²) in [6, 6.07) is 14.9. The van der Waals surface area contributed by atoms with Gasteiger partial charge < -0.3 is 9.73 Å². The number of benzene rings is 2. The second-order valence-electron chi connectivity index (χ2n) is 7.15. The highest BCUT2D eigenvalue weighted by molar-refractivity contribution is 5.92. The van der Waals surface area contributed by atoms with E-state index in [0.717, 1.165) is 19.3 Å². The van der Waals surface area contributed by atoms with Crippen LogP contribution in [0.4, 0.5) is 10.1 Å². The van der Waals surface area contributed by atoms with E-state index in [4.69, 9.17) is 9.68 Å². The Bertz CT molecular complexity index is 1090. The van der Waals surface area contributed by atoms with E-state index < -0.39 is 5.82 Å². The van der Waals surface area contributed by atoms with Crippen LogP contribution in [0.2, 0.25) is 0 Å². The van der Waals surface area contributed by atoms with Crippen LogP contribution in [0, 0.1) is 17.1 Å². The molecule has 0 unspecified atom stereocenters. The van der Waals surface area contributed by atoms with Crippen molar-refractivity contribution in [1.29, 1.82) is 5.26 Å². The molecule has 2 heterocycles. The van der Waals surface area contributed by atoms with Crippen LogP contribution < -0.4 is 5.32 Å². The van der Waals surface area contributed by atoms with Gasteiger partial charge in [-0.2, -0.15) is 5.26 Å². The predicted octanol–water partition coefficient (Wildman–Crippen LogP) is 3.91. The minimum Gasteiger partial charge on any atom is -0.419 e. The minimum absolute atomic E-state index is 0.131. The molecule has 30 heavy (non-hydrogen) atoms. The first-order valence-corrected chi connectivity index (χ1v) is 9.76. The van der Waals surface area contributed by atoms with Gasteiger partial charge in [0.15, 0.2) is 0 Å². The highest BCUT2D eigenvalue weighted by atomic mass is 19.1. The molecule has 2 aromatic carbocycles. The largest absolute Gasteiger partial charge is 0.419 e. The summed E-state index contributed by atoms with van der Waals surface area (Å²) in [6.07, 6.45) is 2.71. The van der Waals surface area contributed by atoms with Crippen LogP contribution in [0.25, 0.3) is 11.5 Å². The molecule has 1 amide bonds. The standard InChI is InChI=1S/C22H20FN5O2/c23-18-9-2-1-8-17(18)21-26-27-22(30-21)19-10-3-4-11-28(19)14-20(29)25-16-7-5-6-15(12-16)13-24/h1-2,5-9,12,19H,3-4,10-11,14H2,(H,25,29)/t19-/m0/s1. The maximum Gasteiger partial charge on any atom is 0.250 e. The van der Waals surface area contributed by atoms with E-state index in [9.17, 15) is 9.18 Å². The lowest BCUT2D eigenvalue weighted by atomic mass is 10.0. The lowest BCUT2D eigenvalue weighted by Crippen LogP contribution is -2.39. The van der Waals surface area contributed by atoms with Gasteiger partial charge in [0.05, 0.1) is 29.8 Å². The average molecular weight is 405 g/mol. The zero-order chi connectivity index (χ0) is 20.9. The molecule has 0 spiro atoms. The Balaban J connectivity index is 1.47. The summed E-state index contributed by atoms with van der Waals surface area (Å²) >= 11 is 0. The Kier molecular flexibility index (Phi) is 5.82. The molecule has 4 rings (SSSR count). The monoisotopic (exact) mass is 405 g/mol. The van der Waals surface area contributed by atoms with Crippen LogP contribution in [-0.2, 0) is 4.79 Å². The van der Waals surface area contributed by atoms with Crippen LogP contribution in [-0.4, -0.2) is 34.1 Å². The highest BCUT2D eigenvalue weighted by Crippen LogP contribution is 2.32. The molecule has 0 bridgehead atoms. The molecule has 8 heteroatoms. The number of amides is 1. The molecule has 1 aromatic heterocycles. The minimum atomic E-state index is -0.424. The molecule has 1 aliphatic heterocycles. The molecule has 1 aliphatic rings. The Morgan fingerprint density at radius 3 is 2.93 bits per heavy atom. The van der Waals surface area contributed by atoms with Gasteiger partial charge in [-0.25, -0.2) is 4.39 Å². The second-order valence-corrected chi connectivity index (χ2v) is 7.15. The lowest BCUT2D eigenvalue weighted by Gasteiger charge is -2.32. The van der Waals surface area contributed by atoms with E-state index in [1.165, 1.54) is 6.07 Å². The van der Waals surface area contributed by atoms with E-state index in [1.54, 1.807) is 42.5 Å². The topological polar surface area (TPSA) is 95.1 Å². The van der Waals surface area contributed by atoms with Crippen molar-refractivity contribution in [3.63, 3.8) is 0 Å². The number of halogens is 1. The van der Waals surface area contributed by atoms with Crippen molar-refractivity contribution in [3.8, 4) is 17.5 Å². The molecular weight excluding hydrogens is 385 g/mol. The van der Waals surface area contributed by atoms with Gasteiger partial charge >= 0.3 is 0 Å². The highest BCUT2D eigenvalue weighted by Gasteiger charge is 2.30. The molecule has 0 saturated carbocycles. The third-order valence-electron chi connectivity index (χ3n) is 5.07. The molecule has 1 N–H and O–H groups in total. The van der Waals surface area contributed by atoms with Crippen molar-refractivity contribution < 1.29 is 13.6 Å². The number of nitrogens with zero attached hydrogens (tertiary/aromatic N) is 4. The number of rotatable bonds is 5. The molecule has 7 nitrogen and oxygen atoms in total. The zero-order valence-corrected chi connectivity index (χ0v) is 16.2. The van der Waals surface area contributed by atoms with Gasteiger partial charge in [0.2, 0.25) is 11.8 Å². The number of hydrogen-bond donors (Lipinski definition) is 1. The number of nitriles is 1. The fourth-order valence-corrected chi connectivity index (χ4v) is 3.62. The molecule has 1 fully saturated rings. The molecule has 152 valence electrons. The first-order valence-electron chi connectivity index (χ1n) is 9.76. The van der Waals surface area contributed by atoms with E-state index in [0.29, 0.717) is 23.7 Å². The van der Waals surface area contributed by atoms with Gasteiger partial charge in [0.1, 0.15) is 5.82 Å². The van der Waals surface area contributed by atoms with Crippen LogP contribution in [0.15, 0.2) is 52.9 Å². The van der Waals surface area contributed by atoms with Crippen LogP contribution in [0.1, 0.15) is 36.8 Å². The van der Waals surface area contributed by atoms with E-state index in [2.05, 4.69) is 21.6 Å². The number of carbonyl (C=O) groups excluding carboxylic acids is 1. The summed E-state index contributed by atoms with van der Waals surface area (Å²) in [6.45, 7) is 0.868. The number of piperidine rings is 1. The van der Waals surface area contributed by atoms with Crippen molar-refractivity contribution in [3.05, 3.63) is 65.8 Å². The smallest absolute Gasteiger partial charge is 0.250 e. The maximum absolute atomic E-state index is 14.0. The number of nitrogens with one attached hydrogen (secondary N) is 1. The number of hydrogen-bond acceptors (Lipinski definition) is 6. The SMILES string of the molecule is N#Cc1cccc(NC(=O)CN2CCCC[C@H]2c2nnc(-c3ccccc3F)o2)c1. The normalized spacial score (nSPS) is 16.7. The van der Waals surface area contributed by atoms with Gasteiger partial charge in [-0.15, -0.1) is 10.2 Å². The van der Waals surface area contributed by atoms with E-state index in [1.807, 2.05) is 4.90 Å². The molecule has 3 aromatic rings. The predicted molar refractivity (Wildman–Crippen MR) is 108 cm³/mol. The van der Waals surface area contributed by atoms with Crippen molar-refractivity contribution in [2.24, 2.45) is 0 Å². The molecular formula is C22H20FN5O2. The Morgan fingerprint density at radius 2 is 2.10 bits per heavy atom. The first kappa shape index (κ1) is 19.7. The fourth-order valence-electron chi connectivity index (χ4n) is 3.62. The second kappa shape index (κ2) is 8.84. The Labute approximate surface area is 173 Å². The van der Waals surface area contributed by atoms with Gasteiger partial charge in [-0.3, -0.25) is 9.69 Å². The van der Waals surface area contributed by atoms with Crippen molar-refractivity contribution in [1.82, 2.24) is 15.1 Å². The van der Waals surface area contributed by atoms with Crippen LogP contribution in [0.5, 0.6) is 0 Å². The molecule has 1 saturated heterocycles. The summed E-state index contributed by atoms with van der Waals surface area (Å²) in [5.74, 6) is -0.100. The van der Waals surface area contributed by atoms with Gasteiger partial charge in [-0.05, 0) is 49.7 Å². The van der Waals surface area contributed by atoms with Gasteiger partial charge in [0.25, 0.3) is 5.89 Å². The summed E-state index contributed by atoms with van der Waals surface area (Å²) in [7, 11) is 0. The summed E-state index contributed by atoms with van der Waals surface area (Å²) < 4.78 is 19.8. The van der Waals surface area contributed by atoms with Crippen molar-refractivity contribution >= 4 is 11.6 Å². The number of carbonyl (C=O) groups is 1. The average Bonchev–Trinajstić information content (AvgIpc) is 3.24. The van der Waals surface area contributed by atoms with Crippen molar-refractivity contribution in [2.75, 3.05) is 18.4 Å². The summed E-state index contributed by atoms with van der Waals surface area (Å²) in [4.78, 5) is 14.6. The Morgan fingerprint density at radius 1 is 1.23 bits per heavy atom. The quantitative estimate of drug-likeness (QED) is 0.691. The van der Waals surface area contributed by atoms with E-state index >= 15 is 0 Å². The fraction of sp³-hybridized carbons (Fsp3) is 0.273. The number of anilines is 1.